The molecule has 0 spiro atoms. The highest BCUT2D eigenvalue weighted by Gasteiger charge is 2.24. The smallest absolute Gasteiger partial charge is 0.315 e. The monoisotopic (exact) mass is 296 g/mol. The summed E-state index contributed by atoms with van der Waals surface area (Å²) in [5, 5.41) is 14.3. The Morgan fingerprint density at radius 1 is 1.29 bits per heavy atom. The van der Waals surface area contributed by atoms with Crippen LogP contribution in [0.25, 0.3) is 0 Å². The highest BCUT2D eigenvalue weighted by molar-refractivity contribution is 5.74. The lowest BCUT2D eigenvalue weighted by molar-refractivity contribution is -0.137. The van der Waals surface area contributed by atoms with E-state index in [0.717, 1.165) is 6.42 Å². The predicted molar refractivity (Wildman–Crippen MR) is 83.9 cm³/mol. The molecule has 0 radical (unpaired) electrons. The summed E-state index contributed by atoms with van der Waals surface area (Å²) in [6, 6.07) is -0.527. The van der Waals surface area contributed by atoms with Crippen molar-refractivity contribution in [2.24, 2.45) is 11.3 Å². The van der Waals surface area contributed by atoms with Gasteiger partial charge in [0.1, 0.15) is 0 Å². The van der Waals surface area contributed by atoms with Gasteiger partial charge >= 0.3 is 12.0 Å². The maximum atomic E-state index is 11.7. The number of carboxylic acids is 1. The first-order valence-electron chi connectivity index (χ1n) is 7.43. The van der Waals surface area contributed by atoms with E-state index in [0.29, 0.717) is 19.4 Å². The van der Waals surface area contributed by atoms with Gasteiger partial charge in [-0.2, -0.15) is 0 Å². The van der Waals surface area contributed by atoms with Gasteiger partial charge in [-0.25, -0.2) is 4.79 Å². The number of terminal acetylenes is 1. The molecular weight excluding hydrogens is 268 g/mol. The molecule has 2 amide bonds. The third kappa shape index (κ3) is 8.96. The van der Waals surface area contributed by atoms with Crippen molar-refractivity contribution in [1.82, 2.24) is 10.6 Å². The number of hydrogen-bond donors (Lipinski definition) is 3. The van der Waals surface area contributed by atoms with E-state index in [1.807, 2.05) is 6.92 Å². The number of nitrogens with one attached hydrogen (secondary N) is 2. The molecule has 0 aromatic carbocycles. The Labute approximate surface area is 127 Å². The highest BCUT2D eigenvalue weighted by atomic mass is 16.4. The summed E-state index contributed by atoms with van der Waals surface area (Å²) in [6.07, 6.45) is 7.49. The van der Waals surface area contributed by atoms with Crippen LogP contribution in [-0.4, -0.2) is 29.7 Å². The van der Waals surface area contributed by atoms with E-state index < -0.39 is 5.97 Å². The summed E-state index contributed by atoms with van der Waals surface area (Å²) in [5.41, 5.74) is 0.0123. The Hall–Kier alpha value is -1.70. The van der Waals surface area contributed by atoms with Gasteiger partial charge in [0, 0.05) is 13.0 Å². The molecule has 0 aromatic rings. The van der Waals surface area contributed by atoms with Crippen molar-refractivity contribution in [3.63, 3.8) is 0 Å². The summed E-state index contributed by atoms with van der Waals surface area (Å²) in [5.74, 6) is 1.96. The Balaban J connectivity index is 4.22. The van der Waals surface area contributed by atoms with Gasteiger partial charge in [-0.05, 0) is 30.6 Å². The largest absolute Gasteiger partial charge is 0.481 e. The molecule has 0 aliphatic carbocycles. The van der Waals surface area contributed by atoms with Gasteiger partial charge in [0.25, 0.3) is 0 Å². The van der Waals surface area contributed by atoms with Crippen molar-refractivity contribution in [2.45, 2.75) is 59.4 Å². The number of amides is 2. The Morgan fingerprint density at radius 2 is 1.90 bits per heavy atom. The van der Waals surface area contributed by atoms with Crippen molar-refractivity contribution in [3.05, 3.63) is 0 Å². The predicted octanol–water partition coefficient (Wildman–Crippen LogP) is 2.61. The van der Waals surface area contributed by atoms with Crippen LogP contribution in [0.3, 0.4) is 0 Å². The minimum atomic E-state index is -0.783. The summed E-state index contributed by atoms with van der Waals surface area (Å²) in [6.45, 7) is 8.68. The van der Waals surface area contributed by atoms with Crippen LogP contribution in [0.5, 0.6) is 0 Å². The average molecular weight is 296 g/mol. The minimum Gasteiger partial charge on any atom is -0.481 e. The number of rotatable bonds is 8. The zero-order valence-electron chi connectivity index (χ0n) is 13.5. The van der Waals surface area contributed by atoms with E-state index in [4.69, 9.17) is 11.5 Å². The standard InChI is InChI=1S/C16H28N2O3/c1-6-13(7-2)18-15(21)17-11-10-12(16(3,4)5)8-9-14(19)20/h1,12-13H,7-11H2,2-5H3,(H,19,20)(H2,17,18,21). The molecule has 0 saturated heterocycles. The normalized spacial score (nSPS) is 13.9. The number of carboxylic acid groups (broad SMARTS) is 1. The molecule has 0 aliphatic rings. The molecule has 5 nitrogen and oxygen atoms in total. The van der Waals surface area contributed by atoms with Crippen LogP contribution in [0.4, 0.5) is 4.79 Å². The van der Waals surface area contributed by atoms with Gasteiger partial charge in [0.15, 0.2) is 0 Å². The van der Waals surface area contributed by atoms with Crippen molar-refractivity contribution >= 4 is 12.0 Å². The topological polar surface area (TPSA) is 78.4 Å². The highest BCUT2D eigenvalue weighted by Crippen LogP contribution is 2.32. The molecule has 2 atom stereocenters. The van der Waals surface area contributed by atoms with Crippen LogP contribution in [0.2, 0.25) is 0 Å². The fraction of sp³-hybridized carbons (Fsp3) is 0.750. The third-order valence-electron chi connectivity index (χ3n) is 3.62. The molecule has 2 unspecified atom stereocenters. The second-order valence-corrected chi connectivity index (χ2v) is 6.31. The zero-order valence-corrected chi connectivity index (χ0v) is 13.5. The SMILES string of the molecule is C#CC(CC)NC(=O)NCCC(CCC(=O)O)C(C)(C)C. The lowest BCUT2D eigenvalue weighted by atomic mass is 9.76. The molecule has 0 saturated carbocycles. The molecule has 5 heteroatoms. The van der Waals surface area contributed by atoms with Crippen molar-refractivity contribution in [3.8, 4) is 12.3 Å². The van der Waals surface area contributed by atoms with Crippen LogP contribution in [0.15, 0.2) is 0 Å². The van der Waals surface area contributed by atoms with E-state index in [1.165, 1.54) is 0 Å². The third-order valence-corrected chi connectivity index (χ3v) is 3.62. The molecular formula is C16H28N2O3. The second kappa shape index (κ2) is 9.28. The molecule has 0 bridgehead atoms. The van der Waals surface area contributed by atoms with E-state index >= 15 is 0 Å². The minimum absolute atomic E-state index is 0.0123. The van der Waals surface area contributed by atoms with Gasteiger partial charge in [-0.15, -0.1) is 6.42 Å². The van der Waals surface area contributed by atoms with E-state index in [2.05, 4.69) is 37.3 Å². The van der Waals surface area contributed by atoms with Crippen LogP contribution in [0.1, 0.15) is 53.4 Å². The van der Waals surface area contributed by atoms with Gasteiger partial charge < -0.3 is 15.7 Å². The Bertz CT molecular complexity index is 380. The van der Waals surface area contributed by atoms with Gasteiger partial charge in [0.05, 0.1) is 6.04 Å². The molecule has 21 heavy (non-hydrogen) atoms. The van der Waals surface area contributed by atoms with E-state index in [-0.39, 0.29) is 29.8 Å². The first-order chi connectivity index (χ1) is 9.70. The van der Waals surface area contributed by atoms with E-state index in [1.54, 1.807) is 0 Å². The number of carbonyl (C=O) groups is 2. The number of urea groups is 1. The van der Waals surface area contributed by atoms with Gasteiger partial charge in [0.2, 0.25) is 0 Å². The quantitative estimate of drug-likeness (QED) is 0.602. The Kier molecular flexibility index (Phi) is 8.52. The fourth-order valence-electron chi connectivity index (χ4n) is 2.14. The molecule has 0 aliphatic heterocycles. The molecule has 3 N–H and O–H groups in total. The van der Waals surface area contributed by atoms with Crippen LogP contribution in [-0.2, 0) is 4.79 Å². The zero-order chi connectivity index (χ0) is 16.5. The molecule has 0 fully saturated rings. The van der Waals surface area contributed by atoms with Crippen LogP contribution >= 0.6 is 0 Å². The van der Waals surface area contributed by atoms with Gasteiger partial charge in [-0.1, -0.05) is 33.6 Å². The summed E-state index contributed by atoms with van der Waals surface area (Å²) in [4.78, 5) is 22.4. The first kappa shape index (κ1) is 19.3. The average Bonchev–Trinajstić information content (AvgIpc) is 2.38. The molecule has 0 heterocycles. The second-order valence-electron chi connectivity index (χ2n) is 6.31. The molecule has 0 rings (SSSR count). The summed E-state index contributed by atoms with van der Waals surface area (Å²) < 4.78 is 0. The van der Waals surface area contributed by atoms with Gasteiger partial charge in [-0.3, -0.25) is 4.79 Å². The summed E-state index contributed by atoms with van der Waals surface area (Å²) >= 11 is 0. The lowest BCUT2D eigenvalue weighted by Gasteiger charge is -2.30. The first-order valence-corrected chi connectivity index (χ1v) is 7.43. The maximum absolute atomic E-state index is 11.7. The van der Waals surface area contributed by atoms with Crippen LogP contribution in [0, 0.1) is 23.7 Å². The number of hydrogen-bond acceptors (Lipinski definition) is 2. The van der Waals surface area contributed by atoms with Crippen molar-refractivity contribution in [1.29, 1.82) is 0 Å². The lowest BCUT2D eigenvalue weighted by Crippen LogP contribution is -2.42. The number of carbonyl (C=O) groups excluding carboxylic acids is 1. The molecule has 120 valence electrons. The summed E-state index contributed by atoms with van der Waals surface area (Å²) in [7, 11) is 0. The maximum Gasteiger partial charge on any atom is 0.315 e. The number of aliphatic carboxylic acids is 1. The van der Waals surface area contributed by atoms with Crippen molar-refractivity contribution < 1.29 is 14.7 Å². The molecule has 0 aromatic heterocycles. The van der Waals surface area contributed by atoms with Crippen molar-refractivity contribution in [2.75, 3.05) is 6.54 Å². The van der Waals surface area contributed by atoms with Crippen LogP contribution < -0.4 is 10.6 Å². The Morgan fingerprint density at radius 3 is 2.33 bits per heavy atom. The fourth-order valence-corrected chi connectivity index (χ4v) is 2.14. The van der Waals surface area contributed by atoms with E-state index in [9.17, 15) is 9.59 Å².